The second-order valence-electron chi connectivity index (χ2n) is 7.12. The van der Waals surface area contributed by atoms with E-state index in [0.717, 1.165) is 11.1 Å². The molecule has 7 heteroatoms. The summed E-state index contributed by atoms with van der Waals surface area (Å²) in [5.74, 6) is 1.17. The molecule has 2 amide bonds. The molecular formula is C23H27ClN2O4. The number of hydrogen-bond donors (Lipinski definition) is 1. The van der Waals surface area contributed by atoms with Gasteiger partial charge in [-0.25, -0.2) is 0 Å². The summed E-state index contributed by atoms with van der Waals surface area (Å²) < 4.78 is 10.8. The largest absolute Gasteiger partial charge is 0.454 e. The monoisotopic (exact) mass is 430 g/mol. The summed E-state index contributed by atoms with van der Waals surface area (Å²) in [4.78, 5) is 27.5. The Morgan fingerprint density at radius 1 is 1.13 bits per heavy atom. The number of hydrogen-bond acceptors (Lipinski definition) is 4. The molecule has 0 saturated heterocycles. The second kappa shape index (κ2) is 10.3. The van der Waals surface area contributed by atoms with Gasteiger partial charge in [0.05, 0.1) is 0 Å². The summed E-state index contributed by atoms with van der Waals surface area (Å²) in [5.41, 5.74) is 1.80. The predicted octanol–water partition coefficient (Wildman–Crippen LogP) is 3.94. The maximum atomic E-state index is 13.2. The van der Waals surface area contributed by atoms with Gasteiger partial charge in [-0.15, -0.1) is 0 Å². The van der Waals surface area contributed by atoms with Crippen LogP contribution in [0.5, 0.6) is 11.5 Å². The van der Waals surface area contributed by atoms with Crippen molar-refractivity contribution in [2.45, 2.75) is 45.7 Å². The van der Waals surface area contributed by atoms with Crippen molar-refractivity contribution in [3.8, 4) is 11.5 Å². The minimum absolute atomic E-state index is 0.0920. The molecule has 0 radical (unpaired) electrons. The van der Waals surface area contributed by atoms with E-state index in [1.165, 1.54) is 0 Å². The van der Waals surface area contributed by atoms with Crippen LogP contribution >= 0.6 is 11.6 Å². The average molecular weight is 431 g/mol. The number of amides is 2. The predicted molar refractivity (Wildman–Crippen MR) is 116 cm³/mol. The van der Waals surface area contributed by atoms with Crippen molar-refractivity contribution >= 4 is 23.4 Å². The minimum Gasteiger partial charge on any atom is -0.454 e. The highest BCUT2D eigenvalue weighted by molar-refractivity contribution is 6.31. The number of carbonyl (C=O) groups excluding carboxylic acids is 2. The molecule has 0 aromatic heterocycles. The first-order valence-corrected chi connectivity index (χ1v) is 10.6. The van der Waals surface area contributed by atoms with E-state index in [-0.39, 0.29) is 31.6 Å². The normalized spacial score (nSPS) is 13.0. The molecule has 0 bridgehead atoms. The third-order valence-corrected chi connectivity index (χ3v) is 5.47. The zero-order valence-electron chi connectivity index (χ0n) is 17.3. The molecule has 2 aromatic rings. The first-order chi connectivity index (χ1) is 14.5. The van der Waals surface area contributed by atoms with Crippen molar-refractivity contribution in [2.24, 2.45) is 0 Å². The highest BCUT2D eigenvalue weighted by Crippen LogP contribution is 2.33. The second-order valence-corrected chi connectivity index (χ2v) is 7.53. The molecule has 0 unspecified atom stereocenters. The molecule has 1 atom stereocenters. The fraction of sp³-hybridized carbons (Fsp3) is 0.391. The Morgan fingerprint density at radius 3 is 2.63 bits per heavy atom. The van der Waals surface area contributed by atoms with Crippen LogP contribution in [0.25, 0.3) is 0 Å². The molecule has 0 saturated carbocycles. The number of ether oxygens (including phenoxy) is 2. The van der Waals surface area contributed by atoms with Gasteiger partial charge < -0.3 is 19.7 Å². The van der Waals surface area contributed by atoms with Crippen molar-refractivity contribution in [3.05, 3.63) is 58.6 Å². The number of halogens is 1. The van der Waals surface area contributed by atoms with Crippen molar-refractivity contribution < 1.29 is 19.1 Å². The van der Waals surface area contributed by atoms with Gasteiger partial charge in [0, 0.05) is 24.5 Å². The molecule has 30 heavy (non-hydrogen) atoms. The first kappa shape index (κ1) is 22.0. The molecule has 0 spiro atoms. The van der Waals surface area contributed by atoms with Crippen LogP contribution in [0.4, 0.5) is 0 Å². The fourth-order valence-corrected chi connectivity index (χ4v) is 3.71. The van der Waals surface area contributed by atoms with Gasteiger partial charge in [0.15, 0.2) is 11.5 Å². The molecule has 1 aliphatic rings. The molecule has 160 valence electrons. The van der Waals surface area contributed by atoms with Crippen molar-refractivity contribution in [3.63, 3.8) is 0 Å². The smallest absolute Gasteiger partial charge is 0.242 e. The van der Waals surface area contributed by atoms with Gasteiger partial charge in [0.1, 0.15) is 6.04 Å². The van der Waals surface area contributed by atoms with E-state index in [4.69, 9.17) is 21.1 Å². The number of nitrogens with zero attached hydrogens (tertiary/aromatic N) is 1. The van der Waals surface area contributed by atoms with E-state index < -0.39 is 6.04 Å². The third kappa shape index (κ3) is 5.25. The number of rotatable bonds is 9. The summed E-state index contributed by atoms with van der Waals surface area (Å²) in [5, 5.41) is 3.42. The Kier molecular flexibility index (Phi) is 7.57. The van der Waals surface area contributed by atoms with E-state index in [1.54, 1.807) is 11.0 Å². The lowest BCUT2D eigenvalue weighted by Gasteiger charge is -2.31. The van der Waals surface area contributed by atoms with Crippen LogP contribution in [0.2, 0.25) is 5.02 Å². The number of fused-ring (bicyclic) bond motifs is 1. The van der Waals surface area contributed by atoms with Gasteiger partial charge in [0.25, 0.3) is 0 Å². The summed E-state index contributed by atoms with van der Waals surface area (Å²) >= 11 is 6.32. The van der Waals surface area contributed by atoms with Gasteiger partial charge in [-0.3, -0.25) is 9.59 Å². The average Bonchev–Trinajstić information content (AvgIpc) is 3.21. The molecule has 6 nitrogen and oxygen atoms in total. The Balaban J connectivity index is 1.76. The number of carbonyl (C=O) groups is 2. The van der Waals surface area contributed by atoms with Gasteiger partial charge in [-0.2, -0.15) is 0 Å². The standard InChI is InChI=1S/C23H27ClN2O4/c1-3-19(23(28)25-4-2)26(14-17-7-5-6-8-18(17)24)22(27)12-10-16-9-11-20-21(13-16)30-15-29-20/h5-9,11,13,19H,3-4,10,12,14-15H2,1-2H3,(H,25,28)/t19-/m1/s1. The maximum absolute atomic E-state index is 13.2. The number of nitrogens with one attached hydrogen (secondary N) is 1. The molecular weight excluding hydrogens is 404 g/mol. The molecule has 1 N–H and O–H groups in total. The van der Waals surface area contributed by atoms with Gasteiger partial charge in [0.2, 0.25) is 18.6 Å². The van der Waals surface area contributed by atoms with Crippen molar-refractivity contribution in [1.29, 1.82) is 0 Å². The van der Waals surface area contributed by atoms with Crippen LogP contribution in [0.1, 0.15) is 37.8 Å². The van der Waals surface area contributed by atoms with E-state index >= 15 is 0 Å². The minimum atomic E-state index is -0.550. The first-order valence-electron chi connectivity index (χ1n) is 10.2. The number of aryl methyl sites for hydroxylation is 1. The van der Waals surface area contributed by atoms with Crippen molar-refractivity contribution in [1.82, 2.24) is 10.2 Å². The van der Waals surface area contributed by atoms with Crippen LogP contribution < -0.4 is 14.8 Å². The maximum Gasteiger partial charge on any atom is 0.242 e. The highest BCUT2D eigenvalue weighted by Gasteiger charge is 2.28. The van der Waals surface area contributed by atoms with E-state index in [9.17, 15) is 9.59 Å². The van der Waals surface area contributed by atoms with E-state index in [0.29, 0.717) is 35.9 Å². The van der Waals surface area contributed by atoms with Gasteiger partial charge in [-0.05, 0) is 49.1 Å². The topological polar surface area (TPSA) is 67.9 Å². The zero-order valence-corrected chi connectivity index (χ0v) is 18.1. The Bertz CT molecular complexity index is 903. The summed E-state index contributed by atoms with van der Waals surface area (Å²) in [6, 6.07) is 12.5. The lowest BCUT2D eigenvalue weighted by Crippen LogP contribution is -2.49. The molecule has 1 aliphatic heterocycles. The molecule has 1 heterocycles. The third-order valence-electron chi connectivity index (χ3n) is 5.10. The quantitative estimate of drug-likeness (QED) is 0.654. The summed E-state index contributed by atoms with van der Waals surface area (Å²) in [6.45, 7) is 4.79. The highest BCUT2D eigenvalue weighted by atomic mass is 35.5. The lowest BCUT2D eigenvalue weighted by atomic mass is 10.1. The van der Waals surface area contributed by atoms with E-state index in [2.05, 4.69) is 5.32 Å². The van der Waals surface area contributed by atoms with Crippen LogP contribution in [-0.4, -0.2) is 36.1 Å². The van der Waals surface area contributed by atoms with Gasteiger partial charge >= 0.3 is 0 Å². The number of likely N-dealkylation sites (N-methyl/N-ethyl adjacent to an activating group) is 1. The number of benzene rings is 2. The summed E-state index contributed by atoms with van der Waals surface area (Å²) in [7, 11) is 0. The van der Waals surface area contributed by atoms with Crippen LogP contribution in [0, 0.1) is 0 Å². The molecule has 2 aromatic carbocycles. The Hall–Kier alpha value is -2.73. The van der Waals surface area contributed by atoms with Gasteiger partial charge in [-0.1, -0.05) is 42.8 Å². The van der Waals surface area contributed by atoms with Crippen molar-refractivity contribution in [2.75, 3.05) is 13.3 Å². The molecule has 3 rings (SSSR count). The zero-order chi connectivity index (χ0) is 21.5. The van der Waals surface area contributed by atoms with Crippen LogP contribution in [0.3, 0.4) is 0 Å². The Morgan fingerprint density at radius 2 is 1.90 bits per heavy atom. The van der Waals surface area contributed by atoms with Crippen LogP contribution in [-0.2, 0) is 22.6 Å². The lowest BCUT2D eigenvalue weighted by molar-refractivity contribution is -0.141. The molecule has 0 aliphatic carbocycles. The summed E-state index contributed by atoms with van der Waals surface area (Å²) in [6.07, 6.45) is 1.34. The Labute approximate surface area is 182 Å². The fourth-order valence-electron chi connectivity index (χ4n) is 3.51. The SMILES string of the molecule is CCNC(=O)[C@@H](CC)N(Cc1ccccc1Cl)C(=O)CCc1ccc2c(c1)OCO2. The van der Waals surface area contributed by atoms with E-state index in [1.807, 2.05) is 50.2 Å². The van der Waals surface area contributed by atoms with Crippen LogP contribution in [0.15, 0.2) is 42.5 Å². The molecule has 0 fully saturated rings.